The Morgan fingerprint density at radius 1 is 0.927 bits per heavy atom. The van der Waals surface area contributed by atoms with Gasteiger partial charge in [-0.1, -0.05) is 36.4 Å². The van der Waals surface area contributed by atoms with Crippen LogP contribution in [0.5, 0.6) is 5.75 Å². The van der Waals surface area contributed by atoms with Crippen molar-refractivity contribution in [1.82, 2.24) is 25.3 Å². The zero-order valence-electron chi connectivity index (χ0n) is 23.8. The average Bonchev–Trinajstić information content (AvgIpc) is 2.98. The number of nitrogens with zero attached hydrogens (tertiary/aromatic N) is 3. The topological polar surface area (TPSA) is 121 Å². The first-order valence-electron chi connectivity index (χ1n) is 14.0. The number of hydrogen-bond acceptors (Lipinski definition) is 7. The lowest BCUT2D eigenvalue weighted by atomic mass is 10.1. The number of fused-ring (bicyclic) bond motifs is 1. The Bertz CT molecular complexity index is 1230. The minimum atomic E-state index is -0.965. The lowest BCUT2D eigenvalue weighted by Gasteiger charge is -2.26. The van der Waals surface area contributed by atoms with Crippen molar-refractivity contribution >= 4 is 23.6 Å². The van der Waals surface area contributed by atoms with Gasteiger partial charge in [0, 0.05) is 46.7 Å². The molecule has 41 heavy (non-hydrogen) atoms. The summed E-state index contributed by atoms with van der Waals surface area (Å²) in [6.07, 6.45) is 0.0594. The standard InChI is InChI=1S/C30H39N5O6/c1-33-12-17-41-26-9-4-3-8-24(26)29(38)32-25(10-11-27(36)34(2)21-28(33)37)30(39)31-19-22-6-5-7-23(18-22)20-35-13-15-40-16-14-35/h3-9,18,25H,10-17,19-21H2,1-2H3,(H,31,39)(H,32,38)/t25-/m0/s1. The maximum absolute atomic E-state index is 13.3. The van der Waals surface area contributed by atoms with Crippen LogP contribution in [0.2, 0.25) is 0 Å². The second-order valence-electron chi connectivity index (χ2n) is 10.4. The molecule has 0 bridgehead atoms. The first-order chi connectivity index (χ1) is 19.8. The second kappa shape index (κ2) is 14.6. The number of benzene rings is 2. The molecule has 2 aliphatic rings. The smallest absolute Gasteiger partial charge is 0.255 e. The van der Waals surface area contributed by atoms with Gasteiger partial charge in [0.1, 0.15) is 18.4 Å². The van der Waals surface area contributed by atoms with Crippen LogP contribution in [0.25, 0.3) is 0 Å². The Kier molecular flexibility index (Phi) is 10.7. The van der Waals surface area contributed by atoms with Crippen LogP contribution in [0, 0.1) is 0 Å². The summed E-state index contributed by atoms with van der Waals surface area (Å²) in [5.74, 6) is -1.04. The molecular formula is C30H39N5O6. The lowest BCUT2D eigenvalue weighted by molar-refractivity contribution is -0.139. The van der Waals surface area contributed by atoms with Crippen LogP contribution in [0.3, 0.4) is 0 Å². The highest BCUT2D eigenvalue weighted by molar-refractivity contribution is 5.99. The van der Waals surface area contributed by atoms with E-state index >= 15 is 0 Å². The number of nitrogens with one attached hydrogen (secondary N) is 2. The first kappa shape index (κ1) is 30.0. The zero-order valence-corrected chi connectivity index (χ0v) is 23.8. The molecule has 4 amide bonds. The van der Waals surface area contributed by atoms with Crippen molar-refractivity contribution in [1.29, 1.82) is 0 Å². The van der Waals surface area contributed by atoms with Crippen molar-refractivity contribution in [2.24, 2.45) is 0 Å². The molecule has 1 fully saturated rings. The highest BCUT2D eigenvalue weighted by Gasteiger charge is 2.26. The summed E-state index contributed by atoms with van der Waals surface area (Å²) >= 11 is 0. The Labute approximate surface area is 240 Å². The zero-order chi connectivity index (χ0) is 29.2. The SMILES string of the molecule is CN1CCOc2ccccc2C(=O)N[C@H](C(=O)NCc2cccc(CN3CCOCC3)c2)CCC(=O)N(C)CC1=O. The largest absolute Gasteiger partial charge is 0.491 e. The maximum atomic E-state index is 13.3. The fourth-order valence-electron chi connectivity index (χ4n) is 4.74. The normalized spacial score (nSPS) is 19.9. The van der Waals surface area contributed by atoms with Gasteiger partial charge in [0.25, 0.3) is 5.91 Å². The molecule has 2 heterocycles. The first-order valence-corrected chi connectivity index (χ1v) is 14.0. The molecule has 0 radical (unpaired) electrons. The van der Waals surface area contributed by atoms with E-state index in [9.17, 15) is 19.2 Å². The third-order valence-corrected chi connectivity index (χ3v) is 7.28. The molecule has 0 spiro atoms. The number of rotatable bonds is 5. The molecule has 4 rings (SSSR count). The summed E-state index contributed by atoms with van der Waals surface area (Å²) in [6.45, 7) is 4.67. The third-order valence-electron chi connectivity index (χ3n) is 7.28. The van der Waals surface area contributed by atoms with Gasteiger partial charge in [-0.25, -0.2) is 0 Å². The van der Waals surface area contributed by atoms with Crippen molar-refractivity contribution in [2.75, 3.05) is 60.1 Å². The van der Waals surface area contributed by atoms with E-state index in [1.165, 1.54) is 9.80 Å². The lowest BCUT2D eigenvalue weighted by Crippen LogP contribution is -2.47. The number of hydrogen-bond donors (Lipinski definition) is 2. The Morgan fingerprint density at radius 3 is 2.49 bits per heavy atom. The van der Waals surface area contributed by atoms with E-state index in [2.05, 4.69) is 27.7 Å². The summed E-state index contributed by atoms with van der Waals surface area (Å²) in [5, 5.41) is 5.72. The highest BCUT2D eigenvalue weighted by atomic mass is 16.5. The number of morpholine rings is 1. The van der Waals surface area contributed by atoms with E-state index in [1.807, 2.05) is 12.1 Å². The summed E-state index contributed by atoms with van der Waals surface area (Å²) in [5.41, 5.74) is 2.35. The summed E-state index contributed by atoms with van der Waals surface area (Å²) in [4.78, 5) is 57.2. The van der Waals surface area contributed by atoms with Crippen LogP contribution in [0.15, 0.2) is 48.5 Å². The number of likely N-dealkylation sites (N-methyl/N-ethyl adjacent to an activating group) is 2. The molecule has 1 atom stereocenters. The number of carbonyl (C=O) groups excluding carboxylic acids is 4. The quantitative estimate of drug-likeness (QED) is 0.556. The summed E-state index contributed by atoms with van der Waals surface area (Å²) < 4.78 is 11.2. The van der Waals surface area contributed by atoms with Gasteiger partial charge in [0.05, 0.1) is 31.9 Å². The van der Waals surface area contributed by atoms with Crippen molar-refractivity contribution < 1.29 is 28.7 Å². The third kappa shape index (κ3) is 8.76. The molecule has 2 aromatic carbocycles. The van der Waals surface area contributed by atoms with E-state index in [1.54, 1.807) is 38.4 Å². The van der Waals surface area contributed by atoms with Crippen molar-refractivity contribution in [3.05, 3.63) is 65.2 Å². The fraction of sp³-hybridized carbons (Fsp3) is 0.467. The monoisotopic (exact) mass is 565 g/mol. The number of carbonyl (C=O) groups is 4. The van der Waals surface area contributed by atoms with Crippen molar-refractivity contribution in [3.63, 3.8) is 0 Å². The van der Waals surface area contributed by atoms with Crippen molar-refractivity contribution in [2.45, 2.75) is 32.0 Å². The minimum absolute atomic E-state index is 0.0148. The molecule has 1 saturated heterocycles. The summed E-state index contributed by atoms with van der Waals surface area (Å²) in [6, 6.07) is 13.8. The molecule has 11 nitrogen and oxygen atoms in total. The molecule has 11 heteroatoms. The Morgan fingerprint density at radius 2 is 1.68 bits per heavy atom. The number of para-hydroxylation sites is 1. The van der Waals surface area contributed by atoms with Gasteiger partial charge in [0.2, 0.25) is 17.7 Å². The molecule has 0 unspecified atom stereocenters. The van der Waals surface area contributed by atoms with Crippen LogP contribution in [0.4, 0.5) is 0 Å². The predicted molar refractivity (Wildman–Crippen MR) is 152 cm³/mol. The molecule has 220 valence electrons. The van der Waals surface area contributed by atoms with Gasteiger partial charge in [0.15, 0.2) is 0 Å². The molecular weight excluding hydrogens is 526 g/mol. The fourth-order valence-corrected chi connectivity index (χ4v) is 4.74. The van der Waals surface area contributed by atoms with Gasteiger partial charge in [-0.15, -0.1) is 0 Å². The van der Waals surface area contributed by atoms with Crippen LogP contribution in [-0.2, 0) is 32.2 Å². The van der Waals surface area contributed by atoms with Crippen molar-refractivity contribution in [3.8, 4) is 5.75 Å². The predicted octanol–water partition coefficient (Wildman–Crippen LogP) is 1.02. The molecule has 0 saturated carbocycles. The maximum Gasteiger partial charge on any atom is 0.255 e. The average molecular weight is 566 g/mol. The Balaban J connectivity index is 1.46. The molecule has 0 aromatic heterocycles. The van der Waals surface area contributed by atoms with Gasteiger partial charge in [-0.05, 0) is 29.7 Å². The minimum Gasteiger partial charge on any atom is -0.491 e. The molecule has 2 aliphatic heterocycles. The van der Waals surface area contributed by atoms with Gasteiger partial charge < -0.3 is 29.9 Å². The van der Waals surface area contributed by atoms with Gasteiger partial charge >= 0.3 is 0 Å². The van der Waals surface area contributed by atoms with Gasteiger partial charge in [-0.2, -0.15) is 0 Å². The Hall–Kier alpha value is -3.96. The number of amides is 4. The van der Waals surface area contributed by atoms with E-state index < -0.39 is 17.9 Å². The molecule has 0 aliphatic carbocycles. The van der Waals surface area contributed by atoms with E-state index in [0.29, 0.717) is 5.75 Å². The van der Waals surface area contributed by atoms with Crippen LogP contribution < -0.4 is 15.4 Å². The molecule has 2 N–H and O–H groups in total. The van der Waals surface area contributed by atoms with Crippen LogP contribution >= 0.6 is 0 Å². The summed E-state index contributed by atoms with van der Waals surface area (Å²) in [7, 11) is 3.19. The van der Waals surface area contributed by atoms with Gasteiger partial charge in [-0.3, -0.25) is 24.1 Å². The number of ether oxygens (including phenoxy) is 2. The highest BCUT2D eigenvalue weighted by Crippen LogP contribution is 2.19. The second-order valence-corrected chi connectivity index (χ2v) is 10.4. The molecule has 2 aromatic rings. The van der Waals surface area contributed by atoms with Crippen LogP contribution in [-0.4, -0.2) is 104 Å². The van der Waals surface area contributed by atoms with E-state index in [-0.39, 0.29) is 56.5 Å². The van der Waals surface area contributed by atoms with E-state index in [0.717, 1.165) is 44.0 Å². The van der Waals surface area contributed by atoms with E-state index in [4.69, 9.17) is 9.47 Å². The van der Waals surface area contributed by atoms with Crippen LogP contribution in [0.1, 0.15) is 34.3 Å².